The number of aromatic nitrogens is 2. The van der Waals surface area contributed by atoms with Crippen LogP contribution in [-0.2, 0) is 6.54 Å². The lowest BCUT2D eigenvalue weighted by atomic mass is 10.1. The number of methoxy groups -OCH3 is 1. The number of nitrogens with zero attached hydrogens (tertiary/aromatic N) is 2. The van der Waals surface area contributed by atoms with Crippen molar-refractivity contribution in [3.8, 4) is 17.1 Å². The Morgan fingerprint density at radius 3 is 2.44 bits per heavy atom. The van der Waals surface area contributed by atoms with Crippen LogP contribution in [0.25, 0.3) is 33.5 Å². The molecule has 6 nitrogen and oxygen atoms in total. The number of ether oxygens (including phenoxy) is 1. The van der Waals surface area contributed by atoms with Gasteiger partial charge in [0.15, 0.2) is 5.39 Å². The molecule has 0 unspecified atom stereocenters. The van der Waals surface area contributed by atoms with E-state index in [9.17, 15) is 9.59 Å². The van der Waals surface area contributed by atoms with E-state index in [1.54, 1.807) is 49.6 Å². The highest BCUT2D eigenvalue weighted by Gasteiger charge is 2.20. The zero-order valence-corrected chi connectivity index (χ0v) is 17.8. The molecule has 5 aromatic rings. The van der Waals surface area contributed by atoms with Crippen LogP contribution < -0.4 is 15.7 Å². The zero-order valence-electron chi connectivity index (χ0n) is 17.0. The van der Waals surface area contributed by atoms with Gasteiger partial charge in [-0.05, 0) is 42.0 Å². The smallest absolute Gasteiger partial charge is 0.269 e. The number of halogens is 1. The maximum Gasteiger partial charge on any atom is 0.269 e. The van der Waals surface area contributed by atoms with Crippen LogP contribution in [0.15, 0.2) is 86.8 Å². The highest BCUT2D eigenvalue weighted by molar-refractivity contribution is 6.33. The second kappa shape index (κ2) is 7.98. The van der Waals surface area contributed by atoms with Crippen molar-refractivity contribution >= 4 is 33.7 Å². The molecule has 0 saturated heterocycles. The van der Waals surface area contributed by atoms with Crippen LogP contribution in [0.4, 0.5) is 0 Å². The summed E-state index contributed by atoms with van der Waals surface area (Å²) in [5, 5.41) is 0.679. The highest BCUT2D eigenvalue weighted by atomic mass is 35.5. The van der Waals surface area contributed by atoms with Gasteiger partial charge in [-0.25, -0.2) is 0 Å². The third-order valence-corrected chi connectivity index (χ3v) is 5.65. The topological polar surface area (TPSA) is 74.3 Å². The van der Waals surface area contributed by atoms with Gasteiger partial charge in [-0.15, -0.1) is 0 Å². The van der Waals surface area contributed by atoms with Crippen LogP contribution in [0.5, 0.6) is 5.75 Å². The summed E-state index contributed by atoms with van der Waals surface area (Å²) in [7, 11) is 1.59. The van der Waals surface area contributed by atoms with Crippen LogP contribution in [0.2, 0.25) is 5.02 Å². The third-order valence-electron chi connectivity index (χ3n) is 5.32. The monoisotopic (exact) mass is 444 g/mol. The SMILES string of the molecule is COc1ccc(Cn2c(-c3ccccc3Cl)nc3oc4ccccc4c(=O)c3c2=O)cc1. The second-order valence-corrected chi connectivity index (χ2v) is 7.67. The van der Waals surface area contributed by atoms with Gasteiger partial charge in [0.05, 0.1) is 24.1 Å². The minimum absolute atomic E-state index is 0.0143. The van der Waals surface area contributed by atoms with Crippen molar-refractivity contribution in [2.24, 2.45) is 0 Å². The molecule has 0 N–H and O–H groups in total. The fourth-order valence-corrected chi connectivity index (χ4v) is 3.91. The Hall–Kier alpha value is -3.90. The predicted molar refractivity (Wildman–Crippen MR) is 125 cm³/mol. The van der Waals surface area contributed by atoms with Crippen molar-refractivity contribution in [2.75, 3.05) is 7.11 Å². The first-order valence-electron chi connectivity index (χ1n) is 9.91. The molecule has 0 spiro atoms. The van der Waals surface area contributed by atoms with Gasteiger partial charge in [0.1, 0.15) is 17.2 Å². The number of benzene rings is 3. The first-order chi connectivity index (χ1) is 15.6. The Kier molecular flexibility index (Phi) is 4.99. The molecule has 0 amide bonds. The molecule has 3 aromatic carbocycles. The van der Waals surface area contributed by atoms with Crippen molar-refractivity contribution in [3.63, 3.8) is 0 Å². The molecule has 0 radical (unpaired) electrons. The lowest BCUT2D eigenvalue weighted by Crippen LogP contribution is -2.28. The Bertz CT molecular complexity index is 1590. The number of para-hydroxylation sites is 1. The van der Waals surface area contributed by atoms with Gasteiger partial charge < -0.3 is 9.15 Å². The largest absolute Gasteiger partial charge is 0.497 e. The summed E-state index contributed by atoms with van der Waals surface area (Å²) in [5.74, 6) is 1.03. The van der Waals surface area contributed by atoms with E-state index in [2.05, 4.69) is 4.98 Å². The fraction of sp³-hybridized carbons (Fsp3) is 0.0800. The normalized spacial score (nSPS) is 11.2. The van der Waals surface area contributed by atoms with E-state index in [4.69, 9.17) is 20.8 Å². The van der Waals surface area contributed by atoms with Crippen molar-refractivity contribution in [3.05, 3.63) is 104 Å². The quantitative estimate of drug-likeness (QED) is 0.369. The van der Waals surface area contributed by atoms with Gasteiger partial charge in [-0.3, -0.25) is 14.2 Å². The molecule has 0 bridgehead atoms. The first kappa shape index (κ1) is 20.0. The van der Waals surface area contributed by atoms with Crippen LogP contribution in [0.1, 0.15) is 5.56 Å². The molecule has 0 saturated carbocycles. The zero-order chi connectivity index (χ0) is 22.2. The summed E-state index contributed by atoms with van der Waals surface area (Å²) in [6.45, 7) is 0.193. The highest BCUT2D eigenvalue weighted by Crippen LogP contribution is 2.27. The Morgan fingerprint density at radius 1 is 0.969 bits per heavy atom. The van der Waals surface area contributed by atoms with Gasteiger partial charge in [-0.1, -0.05) is 48.0 Å². The lowest BCUT2D eigenvalue weighted by molar-refractivity contribution is 0.414. The summed E-state index contributed by atoms with van der Waals surface area (Å²) in [5.41, 5.74) is 0.869. The Morgan fingerprint density at radius 2 is 1.69 bits per heavy atom. The van der Waals surface area contributed by atoms with E-state index >= 15 is 0 Å². The number of hydrogen-bond donors (Lipinski definition) is 0. The molecule has 7 heteroatoms. The summed E-state index contributed by atoms with van der Waals surface area (Å²) in [4.78, 5) is 31.4. The predicted octanol–water partition coefficient (Wildman–Crippen LogP) is 4.88. The average Bonchev–Trinajstić information content (AvgIpc) is 2.81. The molecule has 0 aliphatic heterocycles. The van der Waals surface area contributed by atoms with E-state index in [1.165, 1.54) is 4.57 Å². The average molecular weight is 445 g/mol. The molecule has 0 aliphatic carbocycles. The maximum absolute atomic E-state index is 13.6. The summed E-state index contributed by atoms with van der Waals surface area (Å²) < 4.78 is 12.5. The van der Waals surface area contributed by atoms with E-state index in [0.29, 0.717) is 33.1 Å². The minimum atomic E-state index is -0.486. The molecule has 0 fully saturated rings. The van der Waals surface area contributed by atoms with Gasteiger partial charge in [0.2, 0.25) is 11.1 Å². The molecule has 158 valence electrons. The second-order valence-electron chi connectivity index (χ2n) is 7.26. The number of rotatable bonds is 4. The molecular formula is C25H17ClN2O4. The van der Waals surface area contributed by atoms with Crippen molar-refractivity contribution < 1.29 is 9.15 Å². The van der Waals surface area contributed by atoms with Gasteiger partial charge >= 0.3 is 0 Å². The molecule has 5 rings (SSSR count). The molecule has 32 heavy (non-hydrogen) atoms. The van der Waals surface area contributed by atoms with Gasteiger partial charge in [0, 0.05) is 5.56 Å². The van der Waals surface area contributed by atoms with Gasteiger partial charge in [-0.2, -0.15) is 4.98 Å². The van der Waals surface area contributed by atoms with E-state index in [0.717, 1.165) is 5.56 Å². The molecule has 0 atom stereocenters. The summed E-state index contributed by atoms with van der Waals surface area (Å²) in [6.07, 6.45) is 0. The van der Waals surface area contributed by atoms with E-state index in [1.807, 2.05) is 30.3 Å². The Balaban J connectivity index is 1.83. The maximum atomic E-state index is 13.6. The number of fused-ring (bicyclic) bond motifs is 2. The minimum Gasteiger partial charge on any atom is -0.497 e. The van der Waals surface area contributed by atoms with Crippen molar-refractivity contribution in [2.45, 2.75) is 6.54 Å². The summed E-state index contributed by atoms with van der Waals surface area (Å²) >= 11 is 6.44. The van der Waals surface area contributed by atoms with Crippen molar-refractivity contribution in [1.29, 1.82) is 0 Å². The summed E-state index contributed by atoms with van der Waals surface area (Å²) in [6, 6.07) is 21.2. The van der Waals surface area contributed by atoms with E-state index in [-0.39, 0.29) is 17.6 Å². The van der Waals surface area contributed by atoms with Crippen LogP contribution in [-0.4, -0.2) is 16.7 Å². The van der Waals surface area contributed by atoms with E-state index < -0.39 is 11.0 Å². The molecule has 0 aliphatic rings. The van der Waals surface area contributed by atoms with Crippen LogP contribution in [0, 0.1) is 0 Å². The van der Waals surface area contributed by atoms with Crippen LogP contribution in [0.3, 0.4) is 0 Å². The molecular weight excluding hydrogens is 428 g/mol. The lowest BCUT2D eigenvalue weighted by Gasteiger charge is -2.14. The molecule has 2 aromatic heterocycles. The van der Waals surface area contributed by atoms with Crippen molar-refractivity contribution in [1.82, 2.24) is 9.55 Å². The first-order valence-corrected chi connectivity index (χ1v) is 10.3. The third kappa shape index (κ3) is 3.35. The van der Waals surface area contributed by atoms with Crippen LogP contribution >= 0.6 is 11.6 Å². The molecule has 2 heterocycles. The fourth-order valence-electron chi connectivity index (χ4n) is 3.69. The van der Waals surface area contributed by atoms with Gasteiger partial charge in [0.25, 0.3) is 5.56 Å². The Labute approximate surface area is 187 Å². The number of hydrogen-bond acceptors (Lipinski definition) is 5. The standard InChI is InChI=1S/C25H17ClN2O4/c1-31-16-12-10-15(11-13-16)14-28-23(17-6-2-4-8-19(17)26)27-24-21(25(28)30)22(29)18-7-3-5-9-20(18)32-24/h2-13H,14H2,1H3.